The minimum atomic E-state index is -0.128. The standard InChI is InChI=1S/C20H14ClNO/c21-16-7-5-13(6-8-16)20(23)22-17-9-10-19-15(12-17)11-14-3-1-2-4-18(14)19/h1-10,12H,11H2,(H,22,23). The third-order valence-electron chi connectivity index (χ3n) is 4.16. The summed E-state index contributed by atoms with van der Waals surface area (Å²) in [5, 5.41) is 3.57. The molecular formula is C20H14ClNO. The molecule has 112 valence electrons. The van der Waals surface area contributed by atoms with E-state index in [0.29, 0.717) is 10.6 Å². The highest BCUT2D eigenvalue weighted by atomic mass is 35.5. The molecule has 2 nitrogen and oxygen atoms in total. The van der Waals surface area contributed by atoms with Crippen LogP contribution >= 0.6 is 11.6 Å². The number of amides is 1. The van der Waals surface area contributed by atoms with Gasteiger partial charge in [-0.2, -0.15) is 0 Å². The second-order valence-electron chi connectivity index (χ2n) is 5.67. The van der Waals surface area contributed by atoms with Gasteiger partial charge in [0, 0.05) is 16.3 Å². The second kappa shape index (κ2) is 5.56. The zero-order valence-corrected chi connectivity index (χ0v) is 13.1. The molecule has 0 aromatic heterocycles. The molecule has 1 aliphatic carbocycles. The Hall–Kier alpha value is -2.58. The van der Waals surface area contributed by atoms with E-state index in [1.54, 1.807) is 24.3 Å². The zero-order chi connectivity index (χ0) is 15.8. The molecular weight excluding hydrogens is 306 g/mol. The molecule has 1 aliphatic rings. The molecule has 1 amide bonds. The first-order valence-electron chi connectivity index (χ1n) is 7.49. The Labute approximate surface area is 139 Å². The van der Waals surface area contributed by atoms with Gasteiger partial charge >= 0.3 is 0 Å². The zero-order valence-electron chi connectivity index (χ0n) is 12.3. The highest BCUT2D eigenvalue weighted by Crippen LogP contribution is 2.37. The predicted octanol–water partition coefficient (Wildman–Crippen LogP) is 5.16. The van der Waals surface area contributed by atoms with Crippen molar-refractivity contribution in [3.63, 3.8) is 0 Å². The maximum atomic E-state index is 12.3. The second-order valence-corrected chi connectivity index (χ2v) is 6.10. The normalized spacial score (nSPS) is 11.7. The maximum Gasteiger partial charge on any atom is 0.255 e. The van der Waals surface area contributed by atoms with E-state index in [9.17, 15) is 4.79 Å². The van der Waals surface area contributed by atoms with E-state index in [4.69, 9.17) is 11.6 Å². The van der Waals surface area contributed by atoms with Gasteiger partial charge in [0.25, 0.3) is 5.91 Å². The lowest BCUT2D eigenvalue weighted by molar-refractivity contribution is 0.102. The van der Waals surface area contributed by atoms with E-state index >= 15 is 0 Å². The van der Waals surface area contributed by atoms with E-state index < -0.39 is 0 Å². The van der Waals surface area contributed by atoms with Gasteiger partial charge in [0.2, 0.25) is 0 Å². The van der Waals surface area contributed by atoms with Gasteiger partial charge in [0.1, 0.15) is 0 Å². The maximum absolute atomic E-state index is 12.3. The Morgan fingerprint density at radius 1 is 0.870 bits per heavy atom. The van der Waals surface area contributed by atoms with E-state index in [-0.39, 0.29) is 5.91 Å². The van der Waals surface area contributed by atoms with Crippen LogP contribution in [0.5, 0.6) is 0 Å². The van der Waals surface area contributed by atoms with Crippen LogP contribution in [0.4, 0.5) is 5.69 Å². The molecule has 0 atom stereocenters. The fraction of sp³-hybridized carbons (Fsp3) is 0.0500. The summed E-state index contributed by atoms with van der Waals surface area (Å²) in [6.45, 7) is 0. The number of halogens is 1. The number of benzene rings is 3. The first-order chi connectivity index (χ1) is 11.2. The van der Waals surface area contributed by atoms with Crippen LogP contribution in [0.3, 0.4) is 0 Å². The summed E-state index contributed by atoms with van der Waals surface area (Å²) < 4.78 is 0. The Kier molecular flexibility index (Phi) is 3.40. The molecule has 0 radical (unpaired) electrons. The minimum Gasteiger partial charge on any atom is -0.322 e. The molecule has 4 rings (SSSR count). The smallest absolute Gasteiger partial charge is 0.255 e. The molecule has 3 aromatic carbocycles. The van der Waals surface area contributed by atoms with Crippen molar-refractivity contribution in [2.45, 2.75) is 6.42 Å². The highest BCUT2D eigenvalue weighted by Gasteiger charge is 2.18. The quantitative estimate of drug-likeness (QED) is 0.543. The number of hydrogen-bond donors (Lipinski definition) is 1. The van der Waals surface area contributed by atoms with Gasteiger partial charge in [-0.05, 0) is 65.1 Å². The lowest BCUT2D eigenvalue weighted by atomic mass is 10.1. The van der Waals surface area contributed by atoms with Crippen LogP contribution in [0, 0.1) is 0 Å². The summed E-state index contributed by atoms with van der Waals surface area (Å²) >= 11 is 5.85. The Bertz CT molecular complexity index is 900. The van der Waals surface area contributed by atoms with Crippen LogP contribution in [0.2, 0.25) is 5.02 Å². The van der Waals surface area contributed by atoms with Crippen LogP contribution in [0.25, 0.3) is 11.1 Å². The van der Waals surface area contributed by atoms with Crippen molar-refractivity contribution in [2.75, 3.05) is 5.32 Å². The van der Waals surface area contributed by atoms with Gasteiger partial charge in [-0.25, -0.2) is 0 Å². The molecule has 3 heteroatoms. The summed E-state index contributed by atoms with van der Waals surface area (Å²) in [5.74, 6) is -0.128. The first-order valence-corrected chi connectivity index (χ1v) is 7.86. The van der Waals surface area contributed by atoms with Gasteiger partial charge in [0.15, 0.2) is 0 Å². The molecule has 0 fully saturated rings. The SMILES string of the molecule is O=C(Nc1ccc2c(c1)Cc1ccccc1-2)c1ccc(Cl)cc1. The van der Waals surface area contributed by atoms with Gasteiger partial charge in [-0.1, -0.05) is 41.9 Å². The fourth-order valence-corrected chi connectivity index (χ4v) is 3.15. The molecule has 23 heavy (non-hydrogen) atoms. The number of fused-ring (bicyclic) bond motifs is 3. The molecule has 0 bridgehead atoms. The lowest BCUT2D eigenvalue weighted by Gasteiger charge is -2.08. The summed E-state index contributed by atoms with van der Waals surface area (Å²) in [5.41, 5.74) is 6.54. The molecule has 1 N–H and O–H groups in total. The third kappa shape index (κ3) is 2.62. The number of carbonyl (C=O) groups is 1. The van der Waals surface area contributed by atoms with Crippen molar-refractivity contribution in [1.29, 1.82) is 0 Å². The molecule has 0 unspecified atom stereocenters. The van der Waals surface area contributed by atoms with E-state index in [1.807, 2.05) is 6.07 Å². The summed E-state index contributed by atoms with van der Waals surface area (Å²) in [6, 6.07) is 21.4. The molecule has 0 saturated carbocycles. The molecule has 0 saturated heterocycles. The lowest BCUT2D eigenvalue weighted by Crippen LogP contribution is -2.11. The number of carbonyl (C=O) groups excluding carboxylic acids is 1. The molecule has 0 heterocycles. The van der Waals surface area contributed by atoms with Crippen molar-refractivity contribution < 1.29 is 4.79 Å². The Morgan fingerprint density at radius 2 is 1.61 bits per heavy atom. The molecule has 0 spiro atoms. The van der Waals surface area contributed by atoms with Crippen molar-refractivity contribution in [2.24, 2.45) is 0 Å². The Balaban J connectivity index is 1.59. The van der Waals surface area contributed by atoms with E-state index in [1.165, 1.54) is 22.3 Å². The monoisotopic (exact) mass is 319 g/mol. The third-order valence-corrected chi connectivity index (χ3v) is 4.41. The van der Waals surface area contributed by atoms with E-state index in [0.717, 1.165) is 12.1 Å². The van der Waals surface area contributed by atoms with Crippen LogP contribution in [-0.4, -0.2) is 5.91 Å². The van der Waals surface area contributed by atoms with Gasteiger partial charge in [0.05, 0.1) is 0 Å². The molecule has 0 aliphatic heterocycles. The largest absolute Gasteiger partial charge is 0.322 e. The fourth-order valence-electron chi connectivity index (χ4n) is 3.03. The highest BCUT2D eigenvalue weighted by molar-refractivity contribution is 6.30. The summed E-state index contributed by atoms with van der Waals surface area (Å²) in [6.07, 6.45) is 0.913. The van der Waals surface area contributed by atoms with Crippen molar-refractivity contribution in [3.05, 3.63) is 88.4 Å². The van der Waals surface area contributed by atoms with Crippen LogP contribution in [0.15, 0.2) is 66.7 Å². The minimum absolute atomic E-state index is 0.128. The van der Waals surface area contributed by atoms with E-state index in [2.05, 4.69) is 41.7 Å². The first kappa shape index (κ1) is 14.0. The van der Waals surface area contributed by atoms with Gasteiger partial charge < -0.3 is 5.32 Å². The van der Waals surface area contributed by atoms with Crippen LogP contribution in [0.1, 0.15) is 21.5 Å². The summed E-state index contributed by atoms with van der Waals surface area (Å²) in [4.78, 5) is 12.3. The van der Waals surface area contributed by atoms with Gasteiger partial charge in [-0.3, -0.25) is 4.79 Å². The predicted molar refractivity (Wildman–Crippen MR) is 94.1 cm³/mol. The summed E-state index contributed by atoms with van der Waals surface area (Å²) in [7, 11) is 0. The Morgan fingerprint density at radius 3 is 2.43 bits per heavy atom. The number of hydrogen-bond acceptors (Lipinski definition) is 1. The van der Waals surface area contributed by atoms with Crippen molar-refractivity contribution >= 4 is 23.2 Å². The number of nitrogens with one attached hydrogen (secondary N) is 1. The average molecular weight is 320 g/mol. The molecule has 3 aromatic rings. The number of anilines is 1. The van der Waals surface area contributed by atoms with Crippen LogP contribution in [-0.2, 0) is 6.42 Å². The average Bonchev–Trinajstić information content (AvgIpc) is 2.93. The van der Waals surface area contributed by atoms with Crippen molar-refractivity contribution in [3.8, 4) is 11.1 Å². The number of rotatable bonds is 2. The topological polar surface area (TPSA) is 29.1 Å². The van der Waals surface area contributed by atoms with Crippen LogP contribution < -0.4 is 5.32 Å². The van der Waals surface area contributed by atoms with Crippen molar-refractivity contribution in [1.82, 2.24) is 0 Å². The van der Waals surface area contributed by atoms with Gasteiger partial charge in [-0.15, -0.1) is 0 Å².